The number of ether oxygens (including phenoxy) is 1. The van der Waals surface area contributed by atoms with Gasteiger partial charge in [0, 0.05) is 11.6 Å². The highest BCUT2D eigenvalue weighted by Gasteiger charge is 2.25. The number of anilines is 1. The third-order valence-electron chi connectivity index (χ3n) is 3.25. The van der Waals surface area contributed by atoms with E-state index in [4.69, 9.17) is 0 Å². The van der Waals surface area contributed by atoms with Crippen LogP contribution in [0.15, 0.2) is 12.3 Å². The van der Waals surface area contributed by atoms with E-state index in [1.807, 2.05) is 34.6 Å². The molecule has 1 aromatic heterocycles. The van der Waals surface area contributed by atoms with E-state index in [1.54, 1.807) is 13.1 Å². The normalized spacial score (nSPS) is 10.2. The SMILES string of the molecule is CC.CCC(C)(C)C(=O)Nc1cc(C(=O)OC)c(C)cn1. The van der Waals surface area contributed by atoms with Crippen molar-refractivity contribution in [2.45, 2.75) is 48.0 Å². The monoisotopic (exact) mass is 294 g/mol. The minimum Gasteiger partial charge on any atom is -0.465 e. The number of aromatic nitrogens is 1. The van der Waals surface area contributed by atoms with Crippen LogP contribution in [-0.2, 0) is 9.53 Å². The zero-order valence-electron chi connectivity index (χ0n) is 14.0. The second-order valence-corrected chi connectivity index (χ2v) is 5.07. The van der Waals surface area contributed by atoms with Crippen LogP contribution < -0.4 is 5.32 Å². The molecule has 0 aliphatic heterocycles. The van der Waals surface area contributed by atoms with Gasteiger partial charge in [-0.05, 0) is 25.0 Å². The number of aryl methyl sites for hydroxylation is 1. The van der Waals surface area contributed by atoms with Gasteiger partial charge in [-0.3, -0.25) is 4.79 Å². The number of rotatable bonds is 4. The molecule has 0 bridgehead atoms. The van der Waals surface area contributed by atoms with Gasteiger partial charge in [0.15, 0.2) is 0 Å². The van der Waals surface area contributed by atoms with Crippen LogP contribution in [0.5, 0.6) is 0 Å². The lowest BCUT2D eigenvalue weighted by Crippen LogP contribution is -2.30. The van der Waals surface area contributed by atoms with Crippen molar-refractivity contribution >= 4 is 17.7 Å². The maximum Gasteiger partial charge on any atom is 0.338 e. The van der Waals surface area contributed by atoms with E-state index < -0.39 is 11.4 Å². The summed E-state index contributed by atoms with van der Waals surface area (Å²) in [6.45, 7) is 11.4. The van der Waals surface area contributed by atoms with Crippen LogP contribution in [0.4, 0.5) is 5.82 Å². The first kappa shape index (κ1) is 19.1. The summed E-state index contributed by atoms with van der Waals surface area (Å²) in [5, 5.41) is 2.72. The van der Waals surface area contributed by atoms with Crippen LogP contribution in [-0.4, -0.2) is 24.0 Å². The molecule has 0 saturated carbocycles. The fourth-order valence-electron chi connectivity index (χ4n) is 1.37. The van der Waals surface area contributed by atoms with Crippen molar-refractivity contribution in [3.63, 3.8) is 0 Å². The van der Waals surface area contributed by atoms with Crippen molar-refractivity contribution in [3.8, 4) is 0 Å². The lowest BCUT2D eigenvalue weighted by molar-refractivity contribution is -0.124. The molecule has 21 heavy (non-hydrogen) atoms. The van der Waals surface area contributed by atoms with Crippen LogP contribution in [0.2, 0.25) is 0 Å². The number of hydrogen-bond donors (Lipinski definition) is 1. The second-order valence-electron chi connectivity index (χ2n) is 5.07. The third-order valence-corrected chi connectivity index (χ3v) is 3.25. The highest BCUT2D eigenvalue weighted by molar-refractivity contribution is 5.96. The number of nitrogens with one attached hydrogen (secondary N) is 1. The maximum absolute atomic E-state index is 12.0. The van der Waals surface area contributed by atoms with Gasteiger partial charge < -0.3 is 10.1 Å². The third kappa shape index (κ3) is 5.17. The van der Waals surface area contributed by atoms with Crippen molar-refractivity contribution in [2.75, 3.05) is 12.4 Å². The van der Waals surface area contributed by atoms with E-state index in [2.05, 4.69) is 15.0 Å². The Hall–Kier alpha value is -1.91. The molecule has 0 spiro atoms. The number of pyridine rings is 1. The molecule has 0 fully saturated rings. The minimum atomic E-state index is -0.474. The topological polar surface area (TPSA) is 68.3 Å². The van der Waals surface area contributed by atoms with E-state index in [1.165, 1.54) is 13.2 Å². The first-order chi connectivity index (χ1) is 9.81. The molecule has 0 aliphatic rings. The fourth-order valence-corrected chi connectivity index (χ4v) is 1.37. The zero-order valence-corrected chi connectivity index (χ0v) is 14.0. The average Bonchev–Trinajstić information content (AvgIpc) is 2.50. The molecule has 0 atom stereocenters. The Morgan fingerprint density at radius 2 is 1.90 bits per heavy atom. The summed E-state index contributed by atoms with van der Waals surface area (Å²) in [6, 6.07) is 1.53. The quantitative estimate of drug-likeness (QED) is 0.862. The molecule has 1 heterocycles. The number of hydrogen-bond acceptors (Lipinski definition) is 4. The molecule has 0 aliphatic carbocycles. The Morgan fingerprint density at radius 1 is 1.33 bits per heavy atom. The highest BCUT2D eigenvalue weighted by atomic mass is 16.5. The standard InChI is InChI=1S/C14H20N2O3.C2H6/c1-6-14(3,4)13(18)16-11-7-10(12(17)19-5)9(2)8-15-11;1-2/h7-8H,6H2,1-5H3,(H,15,16,18);1-2H3. The molecular weight excluding hydrogens is 268 g/mol. The number of nitrogens with zero attached hydrogens (tertiary/aromatic N) is 1. The van der Waals surface area contributed by atoms with Crippen LogP contribution in [0.25, 0.3) is 0 Å². The summed E-state index contributed by atoms with van der Waals surface area (Å²) in [7, 11) is 1.32. The van der Waals surface area contributed by atoms with Crippen LogP contribution in [0, 0.1) is 12.3 Å². The zero-order chi connectivity index (χ0) is 16.6. The molecule has 1 amide bonds. The predicted octanol–water partition coefficient (Wildman–Crippen LogP) is 3.58. The van der Waals surface area contributed by atoms with E-state index in [-0.39, 0.29) is 5.91 Å². The molecule has 0 unspecified atom stereocenters. The van der Waals surface area contributed by atoms with Crippen molar-refractivity contribution in [1.82, 2.24) is 4.98 Å². The Bertz CT molecular complexity index is 496. The molecule has 118 valence electrons. The molecule has 1 N–H and O–H groups in total. The summed E-state index contributed by atoms with van der Waals surface area (Å²) in [4.78, 5) is 27.7. The lowest BCUT2D eigenvalue weighted by Gasteiger charge is -2.21. The van der Waals surface area contributed by atoms with Gasteiger partial charge in [0.25, 0.3) is 0 Å². The molecule has 5 nitrogen and oxygen atoms in total. The number of esters is 1. The van der Waals surface area contributed by atoms with Crippen LogP contribution in [0.1, 0.15) is 57.0 Å². The Morgan fingerprint density at radius 3 is 2.38 bits per heavy atom. The molecule has 0 saturated heterocycles. The molecule has 1 rings (SSSR count). The van der Waals surface area contributed by atoms with Crippen molar-refractivity contribution in [3.05, 3.63) is 23.4 Å². The number of methoxy groups -OCH3 is 1. The van der Waals surface area contributed by atoms with Gasteiger partial charge in [-0.15, -0.1) is 0 Å². The van der Waals surface area contributed by atoms with Crippen molar-refractivity contribution in [1.29, 1.82) is 0 Å². The number of carbonyl (C=O) groups is 2. The van der Waals surface area contributed by atoms with Crippen LogP contribution >= 0.6 is 0 Å². The van der Waals surface area contributed by atoms with Crippen molar-refractivity contribution < 1.29 is 14.3 Å². The molecule has 5 heteroatoms. The van der Waals surface area contributed by atoms with Crippen molar-refractivity contribution in [2.24, 2.45) is 5.41 Å². The largest absolute Gasteiger partial charge is 0.465 e. The Kier molecular flexibility index (Phi) is 7.63. The first-order valence-corrected chi connectivity index (χ1v) is 7.18. The predicted molar refractivity (Wildman–Crippen MR) is 84.4 cm³/mol. The Balaban J connectivity index is 0.00000191. The number of carbonyl (C=O) groups excluding carboxylic acids is 2. The molecular formula is C16H26N2O3. The van der Waals surface area contributed by atoms with Gasteiger partial charge in [-0.1, -0.05) is 34.6 Å². The summed E-state index contributed by atoms with van der Waals surface area (Å²) in [5.41, 5.74) is 0.638. The molecule has 1 aromatic rings. The van der Waals surface area contributed by atoms with E-state index in [0.29, 0.717) is 23.4 Å². The van der Waals surface area contributed by atoms with Gasteiger partial charge >= 0.3 is 5.97 Å². The second kappa shape index (κ2) is 8.39. The van der Waals surface area contributed by atoms with E-state index >= 15 is 0 Å². The summed E-state index contributed by atoms with van der Waals surface area (Å²) < 4.78 is 4.69. The summed E-state index contributed by atoms with van der Waals surface area (Å²) in [6.07, 6.45) is 2.26. The highest BCUT2D eigenvalue weighted by Crippen LogP contribution is 2.22. The van der Waals surface area contributed by atoms with E-state index in [0.717, 1.165) is 0 Å². The van der Waals surface area contributed by atoms with E-state index in [9.17, 15) is 9.59 Å². The molecule has 0 radical (unpaired) electrons. The summed E-state index contributed by atoms with van der Waals surface area (Å²) >= 11 is 0. The maximum atomic E-state index is 12.0. The smallest absolute Gasteiger partial charge is 0.338 e. The van der Waals surface area contributed by atoms with Gasteiger partial charge in [-0.25, -0.2) is 9.78 Å². The average molecular weight is 294 g/mol. The fraction of sp³-hybridized carbons (Fsp3) is 0.562. The van der Waals surface area contributed by atoms with Gasteiger partial charge in [0.05, 0.1) is 12.7 Å². The molecule has 0 aromatic carbocycles. The number of amides is 1. The van der Waals surface area contributed by atoms with Gasteiger partial charge in [0.1, 0.15) is 5.82 Å². The Labute approximate surface area is 127 Å². The van der Waals surface area contributed by atoms with Crippen LogP contribution in [0.3, 0.4) is 0 Å². The van der Waals surface area contributed by atoms with Gasteiger partial charge in [0.2, 0.25) is 5.91 Å². The minimum absolute atomic E-state index is 0.123. The lowest BCUT2D eigenvalue weighted by atomic mass is 9.89. The summed E-state index contributed by atoms with van der Waals surface area (Å²) in [5.74, 6) is -0.204. The van der Waals surface area contributed by atoms with Gasteiger partial charge in [-0.2, -0.15) is 0 Å². The first-order valence-electron chi connectivity index (χ1n) is 7.18.